The lowest BCUT2D eigenvalue weighted by Gasteiger charge is -2.14. The molecule has 0 saturated carbocycles. The Kier molecular flexibility index (Phi) is 5.37. The molecule has 4 nitrogen and oxygen atoms in total. The van der Waals surface area contributed by atoms with Crippen LogP contribution >= 0.6 is 0 Å². The van der Waals surface area contributed by atoms with E-state index in [1.54, 1.807) is 0 Å². The quantitative estimate of drug-likeness (QED) is 0.709. The van der Waals surface area contributed by atoms with Gasteiger partial charge in [0.25, 0.3) is 5.91 Å². The molecule has 0 atom stereocenters. The van der Waals surface area contributed by atoms with E-state index < -0.39 is 30.2 Å². The van der Waals surface area contributed by atoms with Crippen molar-refractivity contribution in [2.75, 3.05) is 0 Å². The molecule has 0 fully saturated rings. The van der Waals surface area contributed by atoms with Crippen LogP contribution in [0.1, 0.15) is 0 Å². The zero-order chi connectivity index (χ0) is 14.7. The van der Waals surface area contributed by atoms with Crippen LogP contribution in [0.2, 0.25) is 0 Å². The van der Waals surface area contributed by atoms with Crippen LogP contribution in [-0.4, -0.2) is 35.3 Å². The number of hydrogen-bond donors (Lipinski definition) is 2. The SMILES string of the molecule is NC(=O)C(F)(F)C(F)(F)F.O=C(O)C(F)(F)F. The molecule has 12 heteroatoms. The van der Waals surface area contributed by atoms with E-state index in [-0.39, 0.29) is 0 Å². The van der Waals surface area contributed by atoms with Gasteiger partial charge in [0.2, 0.25) is 0 Å². The number of halogens is 8. The van der Waals surface area contributed by atoms with E-state index in [1.807, 2.05) is 0 Å². The van der Waals surface area contributed by atoms with Gasteiger partial charge in [-0.1, -0.05) is 0 Å². The van der Waals surface area contributed by atoms with Crippen LogP contribution in [0.3, 0.4) is 0 Å². The molecule has 0 unspecified atom stereocenters. The Morgan fingerprint density at radius 3 is 1.12 bits per heavy atom. The summed E-state index contributed by atoms with van der Waals surface area (Å²) in [5.41, 5.74) is 3.75. The third kappa shape index (κ3) is 5.87. The molecule has 0 aliphatic rings. The summed E-state index contributed by atoms with van der Waals surface area (Å²) < 4.78 is 87.7. The van der Waals surface area contributed by atoms with Crippen LogP contribution in [0.4, 0.5) is 35.1 Å². The monoisotopic (exact) mass is 277 g/mol. The Labute approximate surface area is 87.0 Å². The summed E-state index contributed by atoms with van der Waals surface area (Å²) in [4.78, 5) is 18.3. The number of aliphatic carboxylic acids is 1. The van der Waals surface area contributed by atoms with Gasteiger partial charge in [0.05, 0.1) is 0 Å². The highest BCUT2D eigenvalue weighted by molar-refractivity contribution is 5.82. The molecule has 0 heterocycles. The van der Waals surface area contributed by atoms with E-state index in [9.17, 15) is 39.9 Å². The van der Waals surface area contributed by atoms with Crippen LogP contribution in [-0.2, 0) is 9.59 Å². The molecule has 0 aliphatic carbocycles. The van der Waals surface area contributed by atoms with Crippen LogP contribution < -0.4 is 5.73 Å². The predicted molar refractivity (Wildman–Crippen MR) is 33.9 cm³/mol. The Balaban J connectivity index is 0. The second-order valence-electron chi connectivity index (χ2n) is 2.24. The van der Waals surface area contributed by atoms with Crippen molar-refractivity contribution in [1.82, 2.24) is 0 Å². The lowest BCUT2D eigenvalue weighted by atomic mass is 10.3. The Bertz CT molecular complexity index is 293. The summed E-state index contributed by atoms with van der Waals surface area (Å²) >= 11 is 0. The van der Waals surface area contributed by atoms with E-state index >= 15 is 0 Å². The average Bonchev–Trinajstić information content (AvgIpc) is 2.00. The standard InChI is InChI=1S/C3H2F5NO.C2HF3O2/c4-2(5,1(9)10)3(6,7)8;3-2(4,5)1(6)7/h(H2,9,10);(H,6,7). The molecule has 3 N–H and O–H groups in total. The van der Waals surface area contributed by atoms with Crippen molar-refractivity contribution in [2.24, 2.45) is 5.73 Å². The van der Waals surface area contributed by atoms with Crippen molar-refractivity contribution in [3.63, 3.8) is 0 Å². The number of carboxylic acid groups (broad SMARTS) is 1. The summed E-state index contributed by atoms with van der Waals surface area (Å²) in [5.74, 6) is -10.9. The number of amides is 1. The van der Waals surface area contributed by atoms with Crippen LogP contribution in [0.25, 0.3) is 0 Å². The van der Waals surface area contributed by atoms with Gasteiger partial charge in [-0.15, -0.1) is 0 Å². The van der Waals surface area contributed by atoms with Gasteiger partial charge in [0, 0.05) is 0 Å². The Morgan fingerprint density at radius 1 is 0.882 bits per heavy atom. The smallest absolute Gasteiger partial charge is 0.475 e. The molecule has 0 aromatic carbocycles. The minimum Gasteiger partial charge on any atom is -0.475 e. The van der Waals surface area contributed by atoms with Crippen molar-refractivity contribution in [3.05, 3.63) is 0 Å². The number of nitrogens with two attached hydrogens (primary N) is 1. The molecule has 0 aromatic rings. The lowest BCUT2D eigenvalue weighted by Crippen LogP contribution is -2.47. The molecular formula is C5H3F8NO3. The van der Waals surface area contributed by atoms with E-state index in [1.165, 1.54) is 0 Å². The van der Waals surface area contributed by atoms with Gasteiger partial charge in [0.15, 0.2) is 0 Å². The number of carbonyl (C=O) groups is 2. The van der Waals surface area contributed by atoms with Crippen molar-refractivity contribution >= 4 is 11.9 Å². The van der Waals surface area contributed by atoms with Crippen molar-refractivity contribution < 1.29 is 49.8 Å². The zero-order valence-corrected chi connectivity index (χ0v) is 7.36. The topological polar surface area (TPSA) is 80.4 Å². The van der Waals surface area contributed by atoms with Gasteiger partial charge in [0.1, 0.15) is 0 Å². The van der Waals surface area contributed by atoms with Gasteiger partial charge < -0.3 is 10.8 Å². The van der Waals surface area contributed by atoms with Gasteiger partial charge in [-0.25, -0.2) is 4.79 Å². The van der Waals surface area contributed by atoms with Gasteiger partial charge in [-0.3, -0.25) is 4.79 Å². The number of carbonyl (C=O) groups excluding carboxylic acids is 1. The van der Waals surface area contributed by atoms with Gasteiger partial charge >= 0.3 is 24.2 Å². The molecule has 0 saturated heterocycles. The number of hydrogen-bond acceptors (Lipinski definition) is 2. The maximum atomic E-state index is 11.5. The van der Waals surface area contributed by atoms with Crippen molar-refractivity contribution in [1.29, 1.82) is 0 Å². The largest absolute Gasteiger partial charge is 0.490 e. The number of alkyl halides is 8. The molecule has 0 aliphatic heterocycles. The van der Waals surface area contributed by atoms with Crippen LogP contribution in [0.15, 0.2) is 0 Å². The third-order valence-corrected chi connectivity index (χ3v) is 0.908. The normalized spacial score (nSPS) is 12.5. The van der Waals surface area contributed by atoms with Crippen LogP contribution in [0, 0.1) is 0 Å². The lowest BCUT2D eigenvalue weighted by molar-refractivity contribution is -0.268. The van der Waals surface area contributed by atoms with Crippen LogP contribution in [0.5, 0.6) is 0 Å². The Hall–Kier alpha value is -1.62. The van der Waals surface area contributed by atoms with E-state index in [0.29, 0.717) is 0 Å². The molecular weight excluding hydrogens is 274 g/mol. The molecule has 0 aromatic heterocycles. The second-order valence-corrected chi connectivity index (χ2v) is 2.24. The third-order valence-electron chi connectivity index (χ3n) is 0.908. The first kappa shape index (κ1) is 17.8. The molecule has 102 valence electrons. The fourth-order valence-corrected chi connectivity index (χ4v) is 0.140. The first-order chi connectivity index (χ1) is 7.14. The first-order valence-electron chi connectivity index (χ1n) is 3.18. The summed E-state index contributed by atoms with van der Waals surface area (Å²) in [7, 11) is 0. The number of carboxylic acids is 1. The maximum Gasteiger partial charge on any atom is 0.490 e. The van der Waals surface area contributed by atoms with Gasteiger partial charge in [-0.2, -0.15) is 35.1 Å². The summed E-state index contributed by atoms with van der Waals surface area (Å²) in [5, 5.41) is 7.12. The molecule has 0 spiro atoms. The number of rotatable bonds is 1. The minimum atomic E-state index is -5.89. The highest BCUT2D eigenvalue weighted by Gasteiger charge is 2.62. The van der Waals surface area contributed by atoms with Gasteiger partial charge in [-0.05, 0) is 0 Å². The van der Waals surface area contributed by atoms with Crippen molar-refractivity contribution in [2.45, 2.75) is 18.3 Å². The first-order valence-corrected chi connectivity index (χ1v) is 3.18. The molecule has 0 radical (unpaired) electrons. The highest BCUT2D eigenvalue weighted by atomic mass is 19.4. The fourth-order valence-electron chi connectivity index (χ4n) is 0.140. The maximum absolute atomic E-state index is 11.5. The average molecular weight is 277 g/mol. The molecule has 17 heavy (non-hydrogen) atoms. The molecule has 0 rings (SSSR count). The van der Waals surface area contributed by atoms with E-state index in [2.05, 4.69) is 5.73 Å². The number of primary amides is 1. The summed E-state index contributed by atoms with van der Waals surface area (Å²) in [6, 6.07) is 0. The summed E-state index contributed by atoms with van der Waals surface area (Å²) in [6.07, 6.45) is -11.0. The van der Waals surface area contributed by atoms with Crippen molar-refractivity contribution in [3.8, 4) is 0 Å². The van der Waals surface area contributed by atoms with E-state index in [4.69, 9.17) is 9.90 Å². The Morgan fingerprint density at radius 2 is 1.12 bits per heavy atom. The molecule has 0 bridgehead atoms. The van der Waals surface area contributed by atoms with E-state index in [0.717, 1.165) is 0 Å². The molecule has 1 amide bonds. The fraction of sp³-hybridized carbons (Fsp3) is 0.600. The zero-order valence-electron chi connectivity index (χ0n) is 7.36. The summed E-state index contributed by atoms with van der Waals surface area (Å²) in [6.45, 7) is 0. The minimum absolute atomic E-state index is 2.69. The predicted octanol–water partition coefficient (Wildman–Crippen LogP) is 1.30. The second kappa shape index (κ2) is 5.14. The highest BCUT2D eigenvalue weighted by Crippen LogP contribution is 2.34.